The van der Waals surface area contributed by atoms with Gasteiger partial charge in [0.15, 0.2) is 5.78 Å². The number of benzene rings is 2. The lowest BCUT2D eigenvalue weighted by molar-refractivity contribution is 0.0986. The molecule has 0 saturated carbocycles. The van der Waals surface area contributed by atoms with Gasteiger partial charge < -0.3 is 11.5 Å². The maximum Gasteiger partial charge on any atom is 0.255 e. The fourth-order valence-corrected chi connectivity index (χ4v) is 7.50. The first kappa shape index (κ1) is 38.3. The number of carbonyl (C=O) groups is 1. The highest BCUT2D eigenvalue weighted by atomic mass is 35.5. The number of hydrogen-bond acceptors (Lipinski definition) is 11. The van der Waals surface area contributed by atoms with E-state index >= 15 is 0 Å². The fourth-order valence-electron chi connectivity index (χ4n) is 4.84. The Balaban J connectivity index is 0.000000225. The summed E-state index contributed by atoms with van der Waals surface area (Å²) < 4.78 is 5.42. The summed E-state index contributed by atoms with van der Waals surface area (Å²) in [7, 11) is 0. The third-order valence-electron chi connectivity index (χ3n) is 7.24. The van der Waals surface area contributed by atoms with Gasteiger partial charge in [0.05, 0.1) is 32.5 Å². The molecule has 0 radical (unpaired) electrons. The van der Waals surface area contributed by atoms with Crippen molar-refractivity contribution in [1.82, 2.24) is 24.1 Å². The Morgan fingerprint density at radius 2 is 1.50 bits per heavy atom. The number of halogens is 1. The second-order valence-electron chi connectivity index (χ2n) is 10.8. The molecule has 0 aliphatic carbocycles. The van der Waals surface area contributed by atoms with E-state index in [1.165, 1.54) is 39.8 Å². The predicted molar refractivity (Wildman–Crippen MR) is 209 cm³/mol. The van der Waals surface area contributed by atoms with Crippen molar-refractivity contribution >= 4 is 57.9 Å². The van der Waals surface area contributed by atoms with Gasteiger partial charge in [-0.05, 0) is 66.2 Å². The summed E-state index contributed by atoms with van der Waals surface area (Å²) >= 11 is 10.3. The minimum atomic E-state index is -0.112. The molecule has 0 bridgehead atoms. The summed E-state index contributed by atoms with van der Waals surface area (Å²) in [6, 6.07) is 24.5. The Morgan fingerprint density at radius 3 is 2.10 bits per heavy atom. The van der Waals surface area contributed by atoms with Crippen LogP contribution in [0.5, 0.6) is 0 Å². The monoisotopic (exact) mass is 772 g/mol. The first-order chi connectivity index (χ1) is 25.3. The lowest BCUT2D eigenvalue weighted by Gasteiger charge is -2.12. The van der Waals surface area contributed by atoms with Gasteiger partial charge in [0.25, 0.3) is 11.1 Å². The van der Waals surface area contributed by atoms with Gasteiger partial charge in [0, 0.05) is 88.0 Å². The molecule has 0 aliphatic heterocycles. The zero-order chi connectivity index (χ0) is 36.9. The molecule has 0 saturated heterocycles. The van der Waals surface area contributed by atoms with Crippen molar-refractivity contribution in [3.05, 3.63) is 150 Å². The van der Waals surface area contributed by atoms with E-state index in [9.17, 15) is 14.4 Å². The number of rotatable bonds is 14. The van der Waals surface area contributed by atoms with Crippen LogP contribution in [0.2, 0.25) is 4.34 Å². The van der Waals surface area contributed by atoms with Crippen LogP contribution in [0.1, 0.15) is 21.8 Å². The number of pyridine rings is 2. The van der Waals surface area contributed by atoms with Crippen LogP contribution >= 0.6 is 46.5 Å². The van der Waals surface area contributed by atoms with Gasteiger partial charge in [-0.2, -0.15) is 0 Å². The van der Waals surface area contributed by atoms with E-state index in [-0.39, 0.29) is 16.9 Å². The molecule has 4 aromatic heterocycles. The molecule has 2 aromatic carbocycles. The van der Waals surface area contributed by atoms with Crippen LogP contribution < -0.4 is 22.6 Å². The zero-order valence-corrected chi connectivity index (χ0v) is 30.8. The van der Waals surface area contributed by atoms with Gasteiger partial charge in [-0.1, -0.05) is 34.1 Å². The van der Waals surface area contributed by atoms with E-state index < -0.39 is 0 Å². The molecule has 17 heteroatoms. The third kappa shape index (κ3) is 10.1. The lowest BCUT2D eigenvalue weighted by Crippen LogP contribution is -2.15. The van der Waals surface area contributed by atoms with Crippen LogP contribution in [0.15, 0.2) is 128 Å². The van der Waals surface area contributed by atoms with Gasteiger partial charge in [-0.25, -0.2) is 4.68 Å². The minimum absolute atomic E-state index is 0.0355. The number of thiophene rings is 1. The number of nitrogens with two attached hydrogens (primary N) is 2. The van der Waals surface area contributed by atoms with Crippen LogP contribution in [0.25, 0.3) is 27.5 Å². The Kier molecular flexibility index (Phi) is 14.0. The molecular formula is C35H33ClN10O3S3. The molecular weight excluding hydrogens is 740 g/mol. The van der Waals surface area contributed by atoms with Gasteiger partial charge in [0.1, 0.15) is 0 Å². The van der Waals surface area contributed by atoms with Gasteiger partial charge >= 0.3 is 0 Å². The van der Waals surface area contributed by atoms with E-state index in [4.69, 9.17) is 28.6 Å². The Morgan fingerprint density at radius 1 is 0.865 bits per heavy atom. The molecule has 13 nitrogen and oxygen atoms in total. The number of Topliss-reactive ketones (excluding diaryl/α,β-unsaturated/α-hetero) is 1. The summed E-state index contributed by atoms with van der Waals surface area (Å²) in [6.45, 7) is 1.05. The summed E-state index contributed by atoms with van der Waals surface area (Å²) in [5.41, 5.74) is 23.2. The van der Waals surface area contributed by atoms with E-state index in [0.29, 0.717) is 46.6 Å². The van der Waals surface area contributed by atoms with Crippen molar-refractivity contribution in [2.75, 3.05) is 24.6 Å². The van der Waals surface area contributed by atoms with Crippen molar-refractivity contribution in [2.45, 2.75) is 22.6 Å². The van der Waals surface area contributed by atoms with Gasteiger partial charge in [-0.15, -0.1) is 40.0 Å². The molecule has 0 unspecified atom stereocenters. The molecule has 6 rings (SSSR count). The second-order valence-corrected chi connectivity index (χ2v) is 14.8. The standard InChI is InChI=1S/C22H20ClN5O2S2.C13H13N5OS/c23-21-9-8-19(32-21)18(29)7-4-15-14-28(26-25-15)17-6-5-16(13-20(17)31-12-10-24)27-11-2-1-3-22(27)30;14-6-8-20-12-9-10(4-5-11(12)16-17-15)18-7-2-1-3-13(18)19/h1-3,5-6,8-9,11,13-14H,4,7,10,12,24H2;1-5,7,9H,6,8,14H2. The average molecular weight is 773 g/mol. The number of ketones is 1. The quantitative estimate of drug-likeness (QED) is 0.0393. The molecule has 0 spiro atoms. The topological polar surface area (TPSA) is 193 Å². The zero-order valence-electron chi connectivity index (χ0n) is 27.6. The van der Waals surface area contributed by atoms with Crippen LogP contribution in [-0.2, 0) is 6.42 Å². The molecule has 4 N–H and O–H groups in total. The van der Waals surface area contributed by atoms with Gasteiger partial charge in [0.2, 0.25) is 0 Å². The van der Waals surface area contributed by atoms with Crippen molar-refractivity contribution in [3.8, 4) is 17.1 Å². The maximum absolute atomic E-state index is 12.3. The Labute approximate surface area is 315 Å². The van der Waals surface area contributed by atoms with Crippen LogP contribution in [0.4, 0.5) is 5.69 Å². The first-order valence-electron chi connectivity index (χ1n) is 15.9. The number of thioether (sulfide) groups is 2. The summed E-state index contributed by atoms with van der Waals surface area (Å²) in [4.78, 5) is 41.5. The second kappa shape index (κ2) is 19.1. The normalized spacial score (nSPS) is 10.7. The number of hydrogen-bond donors (Lipinski definition) is 2. The van der Waals surface area contributed by atoms with Gasteiger partial charge in [-0.3, -0.25) is 23.5 Å². The Hall–Kier alpha value is -4.93. The highest BCUT2D eigenvalue weighted by Crippen LogP contribution is 2.32. The van der Waals surface area contributed by atoms with Crippen LogP contribution in [0.3, 0.4) is 0 Å². The highest BCUT2D eigenvalue weighted by Gasteiger charge is 2.14. The van der Waals surface area contributed by atoms with Crippen molar-refractivity contribution in [3.63, 3.8) is 0 Å². The van der Waals surface area contributed by atoms with E-state index in [1.807, 2.05) is 36.5 Å². The SMILES string of the molecule is NCCSc1cc(-n2ccccc2=O)ccc1-n1cc(CCC(=O)c2ccc(Cl)s2)nn1.[N-]=[N+]=Nc1ccc(-n2ccccc2=O)cc1SCCN. The minimum Gasteiger partial charge on any atom is -0.330 e. The van der Waals surface area contributed by atoms with Crippen molar-refractivity contribution < 1.29 is 4.79 Å². The summed E-state index contributed by atoms with van der Waals surface area (Å²) in [5, 5.41) is 12.1. The largest absolute Gasteiger partial charge is 0.330 e. The van der Waals surface area contributed by atoms with E-state index in [1.54, 1.807) is 75.9 Å². The number of azide groups is 1. The van der Waals surface area contributed by atoms with Crippen molar-refractivity contribution in [1.29, 1.82) is 0 Å². The molecule has 266 valence electrons. The maximum atomic E-state index is 12.3. The fraction of sp³-hybridized carbons (Fsp3) is 0.171. The number of carbonyl (C=O) groups excluding carboxylic acids is 1. The molecule has 0 amide bonds. The summed E-state index contributed by atoms with van der Waals surface area (Å²) in [6.07, 6.45) is 6.07. The number of nitrogens with zero attached hydrogens (tertiary/aromatic N) is 8. The average Bonchev–Trinajstić information content (AvgIpc) is 3.82. The number of aryl methyl sites for hydroxylation is 1. The molecule has 6 aromatic rings. The third-order valence-corrected chi connectivity index (χ3v) is 10.7. The van der Waals surface area contributed by atoms with Crippen LogP contribution in [0, 0.1) is 0 Å². The molecule has 52 heavy (non-hydrogen) atoms. The smallest absolute Gasteiger partial charge is 0.255 e. The molecule has 0 aliphatic rings. The summed E-state index contributed by atoms with van der Waals surface area (Å²) in [5.74, 6) is 1.47. The Bertz CT molecular complexity index is 2310. The van der Waals surface area contributed by atoms with Crippen LogP contribution in [-0.4, -0.2) is 54.5 Å². The molecule has 0 atom stereocenters. The number of aromatic nitrogens is 5. The predicted octanol–water partition coefficient (Wildman–Crippen LogP) is 6.83. The lowest BCUT2D eigenvalue weighted by atomic mass is 10.1. The van der Waals surface area contributed by atoms with E-state index in [2.05, 4.69) is 20.3 Å². The first-order valence-corrected chi connectivity index (χ1v) is 19.0. The molecule has 4 heterocycles. The molecule has 0 fully saturated rings. The highest BCUT2D eigenvalue weighted by molar-refractivity contribution is 7.99. The van der Waals surface area contributed by atoms with E-state index in [0.717, 1.165) is 38.3 Å². The van der Waals surface area contributed by atoms with Crippen molar-refractivity contribution in [2.24, 2.45) is 16.6 Å².